The number of nitrogens with one attached hydrogen (secondary N) is 1. The Morgan fingerprint density at radius 2 is 1.74 bits per heavy atom. The minimum absolute atomic E-state index is 0.0738. The monoisotopic (exact) mass is 329 g/mol. The highest BCUT2D eigenvalue weighted by atomic mass is 32.2. The van der Waals surface area contributed by atoms with Crippen LogP contribution in [0.25, 0.3) is 0 Å². The number of ether oxygens (including phenoxy) is 1. The summed E-state index contributed by atoms with van der Waals surface area (Å²) >= 11 is 1.61. The number of thioether (sulfide) groups is 1. The van der Waals surface area contributed by atoms with Crippen molar-refractivity contribution >= 4 is 17.7 Å². The smallest absolute Gasteiger partial charge is 0.234 e. The van der Waals surface area contributed by atoms with E-state index in [-0.39, 0.29) is 17.1 Å². The van der Waals surface area contributed by atoms with Crippen molar-refractivity contribution in [3.05, 3.63) is 60.2 Å². The average molecular weight is 329 g/mol. The minimum Gasteiger partial charge on any atom is -0.497 e. The molecule has 0 aliphatic carbocycles. The molecule has 0 saturated carbocycles. The zero-order chi connectivity index (χ0) is 16.7. The number of benzene rings is 2. The topological polar surface area (TPSA) is 38.3 Å². The fourth-order valence-electron chi connectivity index (χ4n) is 2.17. The molecule has 4 heteroatoms. The van der Waals surface area contributed by atoms with Crippen LogP contribution in [0.5, 0.6) is 5.75 Å². The Morgan fingerprint density at radius 3 is 2.30 bits per heavy atom. The van der Waals surface area contributed by atoms with Gasteiger partial charge < -0.3 is 10.1 Å². The van der Waals surface area contributed by atoms with E-state index in [2.05, 4.69) is 19.2 Å². The third-order valence-electron chi connectivity index (χ3n) is 3.50. The molecule has 122 valence electrons. The Hall–Kier alpha value is -1.94. The number of hydrogen-bond donors (Lipinski definition) is 1. The van der Waals surface area contributed by atoms with Crippen LogP contribution in [-0.4, -0.2) is 18.3 Å². The van der Waals surface area contributed by atoms with Crippen molar-refractivity contribution in [2.24, 2.45) is 5.92 Å². The van der Waals surface area contributed by atoms with E-state index >= 15 is 0 Å². The second-order valence-corrected chi connectivity index (χ2v) is 6.88. The number of methoxy groups -OCH3 is 1. The van der Waals surface area contributed by atoms with Crippen molar-refractivity contribution < 1.29 is 9.53 Å². The predicted molar refractivity (Wildman–Crippen MR) is 95.8 cm³/mol. The van der Waals surface area contributed by atoms with Crippen molar-refractivity contribution in [2.45, 2.75) is 30.5 Å². The maximum Gasteiger partial charge on any atom is 0.234 e. The van der Waals surface area contributed by atoms with Gasteiger partial charge in [0.1, 0.15) is 5.75 Å². The first-order valence-corrected chi connectivity index (χ1v) is 8.60. The summed E-state index contributed by atoms with van der Waals surface area (Å²) in [5, 5.41) is 2.94. The van der Waals surface area contributed by atoms with Crippen molar-refractivity contribution in [2.75, 3.05) is 7.11 Å². The third kappa shape index (κ3) is 5.32. The van der Waals surface area contributed by atoms with E-state index in [0.29, 0.717) is 6.54 Å². The lowest BCUT2D eigenvalue weighted by atomic mass is 10.1. The van der Waals surface area contributed by atoms with E-state index in [4.69, 9.17) is 4.74 Å². The van der Waals surface area contributed by atoms with Gasteiger partial charge in [-0.1, -0.05) is 44.2 Å². The van der Waals surface area contributed by atoms with Crippen LogP contribution in [0.1, 0.15) is 19.4 Å². The lowest BCUT2D eigenvalue weighted by Gasteiger charge is -2.20. The van der Waals surface area contributed by atoms with Crippen LogP contribution in [0, 0.1) is 5.92 Å². The molecule has 1 amide bonds. The van der Waals surface area contributed by atoms with Gasteiger partial charge in [-0.3, -0.25) is 4.79 Å². The maximum atomic E-state index is 12.5. The molecule has 0 fully saturated rings. The van der Waals surface area contributed by atoms with Crippen LogP contribution in [-0.2, 0) is 11.3 Å². The summed E-state index contributed by atoms with van der Waals surface area (Å²) in [6, 6.07) is 17.8. The highest BCUT2D eigenvalue weighted by Crippen LogP contribution is 2.28. The maximum absolute atomic E-state index is 12.5. The van der Waals surface area contributed by atoms with Crippen molar-refractivity contribution in [3.63, 3.8) is 0 Å². The van der Waals surface area contributed by atoms with E-state index in [1.54, 1.807) is 18.9 Å². The van der Waals surface area contributed by atoms with E-state index in [1.807, 2.05) is 54.6 Å². The van der Waals surface area contributed by atoms with Crippen molar-refractivity contribution in [1.29, 1.82) is 0 Å². The highest BCUT2D eigenvalue weighted by molar-refractivity contribution is 8.00. The first kappa shape index (κ1) is 17.4. The quantitative estimate of drug-likeness (QED) is 0.776. The lowest BCUT2D eigenvalue weighted by molar-refractivity contribution is -0.121. The van der Waals surface area contributed by atoms with E-state index in [9.17, 15) is 4.79 Å². The molecule has 2 aromatic carbocycles. The average Bonchev–Trinajstić information content (AvgIpc) is 2.58. The largest absolute Gasteiger partial charge is 0.497 e. The fraction of sp³-hybridized carbons (Fsp3) is 0.316. The summed E-state index contributed by atoms with van der Waals surface area (Å²) in [5.41, 5.74) is 1.06. The Balaban J connectivity index is 1.95. The molecule has 0 heterocycles. The van der Waals surface area contributed by atoms with Crippen LogP contribution in [0.4, 0.5) is 0 Å². The van der Waals surface area contributed by atoms with Crippen molar-refractivity contribution in [1.82, 2.24) is 5.32 Å². The molecule has 0 aliphatic heterocycles. The summed E-state index contributed by atoms with van der Waals surface area (Å²) in [6.45, 7) is 4.68. The molecule has 0 saturated heterocycles. The van der Waals surface area contributed by atoms with Gasteiger partial charge in [0.25, 0.3) is 0 Å². The minimum atomic E-state index is -0.101. The van der Waals surface area contributed by atoms with Crippen LogP contribution in [0.15, 0.2) is 59.5 Å². The second-order valence-electron chi connectivity index (χ2n) is 5.66. The number of amides is 1. The molecule has 1 atom stereocenters. The number of hydrogen-bond acceptors (Lipinski definition) is 3. The van der Waals surface area contributed by atoms with Gasteiger partial charge in [-0.2, -0.15) is 0 Å². The van der Waals surface area contributed by atoms with Gasteiger partial charge in [0, 0.05) is 11.4 Å². The zero-order valence-electron chi connectivity index (χ0n) is 13.8. The molecule has 2 rings (SSSR count). The Morgan fingerprint density at radius 1 is 1.09 bits per heavy atom. The molecule has 0 bridgehead atoms. The highest BCUT2D eigenvalue weighted by Gasteiger charge is 2.23. The molecular formula is C19H23NO2S. The lowest BCUT2D eigenvalue weighted by Crippen LogP contribution is -2.35. The number of rotatable bonds is 7. The van der Waals surface area contributed by atoms with Crippen LogP contribution in [0.2, 0.25) is 0 Å². The van der Waals surface area contributed by atoms with Crippen LogP contribution >= 0.6 is 11.8 Å². The van der Waals surface area contributed by atoms with Gasteiger partial charge >= 0.3 is 0 Å². The van der Waals surface area contributed by atoms with Gasteiger partial charge in [-0.25, -0.2) is 0 Å². The molecule has 3 nitrogen and oxygen atoms in total. The number of carbonyl (C=O) groups excluding carboxylic acids is 1. The summed E-state index contributed by atoms with van der Waals surface area (Å²) in [5.74, 6) is 1.15. The van der Waals surface area contributed by atoms with E-state index < -0.39 is 0 Å². The number of carbonyl (C=O) groups is 1. The van der Waals surface area contributed by atoms with Crippen LogP contribution < -0.4 is 10.1 Å². The molecular weight excluding hydrogens is 306 g/mol. The van der Waals surface area contributed by atoms with Crippen LogP contribution in [0.3, 0.4) is 0 Å². The summed E-state index contributed by atoms with van der Waals surface area (Å²) < 4.78 is 5.14. The predicted octanol–water partition coefficient (Wildman–Crippen LogP) is 4.13. The summed E-state index contributed by atoms with van der Waals surface area (Å²) in [7, 11) is 1.64. The molecule has 0 aromatic heterocycles. The molecule has 2 aromatic rings. The zero-order valence-corrected chi connectivity index (χ0v) is 14.6. The second kappa shape index (κ2) is 8.63. The van der Waals surface area contributed by atoms with Gasteiger partial charge in [-0.15, -0.1) is 11.8 Å². The normalized spacial score (nSPS) is 12.0. The van der Waals surface area contributed by atoms with E-state index in [0.717, 1.165) is 16.2 Å². The Kier molecular flexibility index (Phi) is 6.53. The standard InChI is InChI=1S/C19H23NO2S/c1-14(2)18(23-17-7-5-4-6-8-17)19(21)20-13-15-9-11-16(22-3)12-10-15/h4-12,14,18H,13H2,1-3H3,(H,20,21)/t18-/m0/s1. The fourth-order valence-corrected chi connectivity index (χ4v) is 3.24. The first-order chi connectivity index (χ1) is 11.1. The molecule has 23 heavy (non-hydrogen) atoms. The van der Waals surface area contributed by atoms with Gasteiger partial charge in [-0.05, 0) is 35.7 Å². The Bertz CT molecular complexity index is 611. The molecule has 0 spiro atoms. The van der Waals surface area contributed by atoms with Gasteiger partial charge in [0.15, 0.2) is 0 Å². The Labute approximate surface area is 142 Å². The molecule has 0 aliphatic rings. The summed E-state index contributed by atoms with van der Waals surface area (Å²) in [4.78, 5) is 13.6. The SMILES string of the molecule is COc1ccc(CNC(=O)[C@@H](Sc2ccccc2)C(C)C)cc1. The third-order valence-corrected chi connectivity index (χ3v) is 5.05. The van der Waals surface area contributed by atoms with Crippen molar-refractivity contribution in [3.8, 4) is 5.75 Å². The first-order valence-electron chi connectivity index (χ1n) is 7.72. The molecule has 0 unspecified atom stereocenters. The van der Waals surface area contributed by atoms with Gasteiger partial charge in [0.2, 0.25) is 5.91 Å². The molecule has 0 radical (unpaired) electrons. The summed E-state index contributed by atoms with van der Waals surface area (Å²) in [6.07, 6.45) is 0. The molecule has 1 N–H and O–H groups in total. The van der Waals surface area contributed by atoms with Gasteiger partial charge in [0.05, 0.1) is 12.4 Å². The van der Waals surface area contributed by atoms with E-state index in [1.165, 1.54) is 0 Å².